The summed E-state index contributed by atoms with van der Waals surface area (Å²) in [5.74, 6) is 0.122. The molecule has 1 aliphatic rings. The molecule has 0 spiro atoms. The zero-order valence-corrected chi connectivity index (χ0v) is 18.6. The third-order valence-electron chi connectivity index (χ3n) is 5.45. The van der Waals surface area contributed by atoms with Gasteiger partial charge in [0.2, 0.25) is 10.0 Å². The van der Waals surface area contributed by atoms with Crippen LogP contribution in [0.1, 0.15) is 6.42 Å². The van der Waals surface area contributed by atoms with E-state index in [1.54, 1.807) is 43.5 Å². The van der Waals surface area contributed by atoms with Crippen LogP contribution in [0.4, 0.5) is 10.1 Å². The molecule has 0 bridgehead atoms. The summed E-state index contributed by atoms with van der Waals surface area (Å²) in [5, 5.41) is 11.7. The van der Waals surface area contributed by atoms with Gasteiger partial charge >= 0.3 is 0 Å². The summed E-state index contributed by atoms with van der Waals surface area (Å²) >= 11 is 0. The molecule has 3 heterocycles. The highest BCUT2D eigenvalue weighted by Gasteiger charge is 2.28. The first kappa shape index (κ1) is 21.4. The van der Waals surface area contributed by atoms with Gasteiger partial charge in [-0.2, -0.15) is 5.10 Å². The van der Waals surface area contributed by atoms with E-state index in [9.17, 15) is 12.8 Å². The van der Waals surface area contributed by atoms with Gasteiger partial charge in [-0.1, -0.05) is 17.3 Å². The van der Waals surface area contributed by atoms with Crippen molar-refractivity contribution in [2.75, 3.05) is 36.9 Å². The van der Waals surface area contributed by atoms with Crippen LogP contribution in [0.2, 0.25) is 0 Å². The summed E-state index contributed by atoms with van der Waals surface area (Å²) in [4.78, 5) is 0. The summed E-state index contributed by atoms with van der Waals surface area (Å²) in [7, 11) is -1.69. The molecule has 4 aromatic rings. The molecule has 2 aromatic heterocycles. The number of fused-ring (bicyclic) bond motifs is 1. The van der Waals surface area contributed by atoms with Gasteiger partial charge in [-0.25, -0.2) is 12.8 Å². The summed E-state index contributed by atoms with van der Waals surface area (Å²) in [5.41, 5.74) is 2.94. The number of anilines is 1. The van der Waals surface area contributed by atoms with Gasteiger partial charge in [-0.3, -0.25) is 9.40 Å². The second kappa shape index (κ2) is 8.49. The molecule has 2 aromatic carbocycles. The maximum atomic E-state index is 14.5. The van der Waals surface area contributed by atoms with Crippen LogP contribution in [0.5, 0.6) is 5.75 Å². The van der Waals surface area contributed by atoms with Gasteiger partial charge in [0, 0.05) is 36.7 Å². The fraction of sp³-hybridized carbons (Fsp3) is 0.273. The predicted molar refractivity (Wildman–Crippen MR) is 120 cm³/mol. The Kier molecular flexibility index (Phi) is 5.51. The van der Waals surface area contributed by atoms with Gasteiger partial charge in [0.25, 0.3) is 0 Å². The first-order valence-corrected chi connectivity index (χ1v) is 11.9. The Morgan fingerprint density at radius 1 is 1.18 bits per heavy atom. The van der Waals surface area contributed by atoms with E-state index < -0.39 is 15.8 Å². The largest absolute Gasteiger partial charge is 0.488 e. The Morgan fingerprint density at radius 3 is 2.73 bits per heavy atom. The topological polar surface area (TPSA) is 111 Å². The number of ether oxygens (including phenoxy) is 2. The summed E-state index contributed by atoms with van der Waals surface area (Å²) in [6, 6.07) is 11.7. The molecule has 1 saturated heterocycles. The standard InChI is InChI=1S/C22H21FN4O5S/c1-30-8-9-31-20-13-19-16(11-17(20)23)22(25-24-19)21-12-18(26-32-21)14-3-5-15(6-4-14)27-7-2-10-33(27,28)29/h3-6,11-13H,2,7-10H2,1H3,(H,24,25). The van der Waals surface area contributed by atoms with E-state index in [1.165, 1.54) is 10.4 Å². The van der Waals surface area contributed by atoms with Gasteiger partial charge in [-0.05, 0) is 24.6 Å². The van der Waals surface area contributed by atoms with Gasteiger partial charge in [0.15, 0.2) is 17.3 Å². The van der Waals surface area contributed by atoms with Crippen LogP contribution >= 0.6 is 0 Å². The number of hydrogen-bond donors (Lipinski definition) is 1. The van der Waals surface area contributed by atoms with Gasteiger partial charge in [0.05, 0.1) is 23.6 Å². The number of methoxy groups -OCH3 is 1. The molecule has 5 rings (SSSR count). The highest BCUT2D eigenvalue weighted by Crippen LogP contribution is 2.33. The molecule has 0 atom stereocenters. The SMILES string of the molecule is COCCOc1cc2[nH]nc(-c3cc(-c4ccc(N5CCCS5(=O)=O)cc4)no3)c2cc1F. The average Bonchev–Trinajstić information content (AvgIpc) is 3.52. The number of benzene rings is 2. The highest BCUT2D eigenvalue weighted by molar-refractivity contribution is 7.93. The number of rotatable bonds is 7. The number of hydrogen-bond acceptors (Lipinski definition) is 7. The van der Waals surface area contributed by atoms with Crippen molar-refractivity contribution in [3.8, 4) is 28.5 Å². The molecule has 33 heavy (non-hydrogen) atoms. The van der Waals surface area contributed by atoms with Crippen molar-refractivity contribution in [3.05, 3.63) is 48.3 Å². The van der Waals surface area contributed by atoms with Crippen LogP contribution in [0.3, 0.4) is 0 Å². The number of sulfonamides is 1. The Balaban J connectivity index is 1.40. The van der Waals surface area contributed by atoms with Crippen molar-refractivity contribution in [1.29, 1.82) is 0 Å². The number of nitrogens with one attached hydrogen (secondary N) is 1. The van der Waals surface area contributed by atoms with Crippen molar-refractivity contribution in [2.24, 2.45) is 0 Å². The third kappa shape index (κ3) is 4.05. The molecule has 172 valence electrons. The fourth-order valence-electron chi connectivity index (χ4n) is 3.80. The molecule has 0 aliphatic carbocycles. The van der Waals surface area contributed by atoms with Crippen LogP contribution in [0.15, 0.2) is 47.0 Å². The zero-order chi connectivity index (χ0) is 23.0. The van der Waals surface area contributed by atoms with E-state index in [2.05, 4.69) is 15.4 Å². The highest BCUT2D eigenvalue weighted by atomic mass is 32.2. The molecule has 1 N–H and O–H groups in total. The lowest BCUT2D eigenvalue weighted by atomic mass is 10.1. The van der Waals surface area contributed by atoms with Crippen molar-refractivity contribution < 1.29 is 26.8 Å². The molecule has 11 heteroatoms. The van der Waals surface area contributed by atoms with Crippen LogP contribution in [-0.2, 0) is 14.8 Å². The second-order valence-corrected chi connectivity index (χ2v) is 9.62. The number of H-pyrrole nitrogens is 1. The van der Waals surface area contributed by atoms with Crippen molar-refractivity contribution in [1.82, 2.24) is 15.4 Å². The third-order valence-corrected chi connectivity index (χ3v) is 7.32. The number of nitrogens with zero attached hydrogens (tertiary/aromatic N) is 3. The van der Waals surface area contributed by atoms with Crippen molar-refractivity contribution in [3.63, 3.8) is 0 Å². The van der Waals surface area contributed by atoms with E-state index in [1.807, 2.05) is 0 Å². The Hall–Kier alpha value is -3.44. The van der Waals surface area contributed by atoms with Gasteiger partial charge < -0.3 is 14.0 Å². The minimum absolute atomic E-state index is 0.105. The predicted octanol–water partition coefficient (Wildman–Crippen LogP) is 3.59. The van der Waals surface area contributed by atoms with E-state index in [-0.39, 0.29) is 18.1 Å². The lowest BCUT2D eigenvalue weighted by Crippen LogP contribution is -2.24. The van der Waals surface area contributed by atoms with Crippen molar-refractivity contribution in [2.45, 2.75) is 6.42 Å². The zero-order valence-electron chi connectivity index (χ0n) is 17.7. The molecule has 1 fully saturated rings. The first-order valence-electron chi connectivity index (χ1n) is 10.3. The molecular formula is C22H21FN4O5S. The van der Waals surface area contributed by atoms with E-state index in [4.69, 9.17) is 14.0 Å². The number of aromatic nitrogens is 3. The Labute approximate surface area is 189 Å². The second-order valence-electron chi connectivity index (χ2n) is 7.61. The molecule has 9 nitrogen and oxygen atoms in total. The average molecular weight is 472 g/mol. The minimum atomic E-state index is -3.24. The quantitative estimate of drug-likeness (QED) is 0.409. The molecule has 0 radical (unpaired) electrons. The summed E-state index contributed by atoms with van der Waals surface area (Å²) in [6.45, 7) is 1.06. The Morgan fingerprint density at radius 2 is 2.00 bits per heavy atom. The van der Waals surface area contributed by atoms with Gasteiger partial charge in [0.1, 0.15) is 18.0 Å². The maximum absolute atomic E-state index is 14.5. The van der Waals surface area contributed by atoms with Crippen LogP contribution in [-0.4, -0.2) is 56.4 Å². The van der Waals surface area contributed by atoms with Crippen LogP contribution in [0, 0.1) is 5.82 Å². The van der Waals surface area contributed by atoms with Crippen LogP contribution < -0.4 is 9.04 Å². The molecule has 0 amide bonds. The smallest absolute Gasteiger partial charge is 0.235 e. The lowest BCUT2D eigenvalue weighted by Gasteiger charge is -2.16. The minimum Gasteiger partial charge on any atom is -0.488 e. The molecule has 1 aliphatic heterocycles. The van der Waals surface area contributed by atoms with E-state index in [0.29, 0.717) is 53.3 Å². The van der Waals surface area contributed by atoms with Crippen molar-refractivity contribution >= 4 is 26.6 Å². The molecular weight excluding hydrogens is 451 g/mol. The fourth-order valence-corrected chi connectivity index (χ4v) is 5.37. The van der Waals surface area contributed by atoms with Crippen LogP contribution in [0.25, 0.3) is 33.6 Å². The summed E-state index contributed by atoms with van der Waals surface area (Å²) < 4.78 is 56.0. The first-order chi connectivity index (χ1) is 16.0. The molecule has 0 unspecified atom stereocenters. The van der Waals surface area contributed by atoms with E-state index in [0.717, 1.165) is 5.56 Å². The lowest BCUT2D eigenvalue weighted by molar-refractivity contribution is 0.144. The number of aromatic amines is 1. The number of halogens is 1. The monoisotopic (exact) mass is 472 g/mol. The molecule has 0 saturated carbocycles. The maximum Gasteiger partial charge on any atom is 0.235 e. The van der Waals surface area contributed by atoms with E-state index >= 15 is 0 Å². The Bertz CT molecular complexity index is 1400. The summed E-state index contributed by atoms with van der Waals surface area (Å²) in [6.07, 6.45) is 0.621. The van der Waals surface area contributed by atoms with Gasteiger partial charge in [-0.15, -0.1) is 0 Å². The normalized spacial score (nSPS) is 15.4.